The van der Waals surface area contributed by atoms with E-state index in [2.05, 4.69) is 68.6 Å². The standard InChI is InChI=1S/C29H28N6S/c1-7-24-22(10-18(4)19-11-20(35(5)6)14-30-13-19)29(34-33-24)25-12-21-23(15-31-16-26(21)32-25)28-9-8-27(36-28)17(2)3/h7-16,32-33H,2,4H2,1,3,5-6H3/b22-10+,24-7+. The first-order valence-electron chi connectivity index (χ1n) is 11.6. The van der Waals surface area contributed by atoms with Crippen LogP contribution in [0.2, 0.25) is 0 Å². The summed E-state index contributed by atoms with van der Waals surface area (Å²) in [5.74, 6) is 0. The third-order valence-corrected chi connectivity index (χ3v) is 7.42. The molecule has 0 aliphatic heterocycles. The Morgan fingerprint density at radius 1 is 1.06 bits per heavy atom. The average molecular weight is 493 g/mol. The fraction of sp³-hybridized carbons (Fsp3) is 0.138. The number of aromatic amines is 2. The Bertz CT molecular complexity index is 1730. The van der Waals surface area contributed by atoms with E-state index in [0.717, 1.165) is 65.7 Å². The minimum atomic E-state index is 0.830. The summed E-state index contributed by atoms with van der Waals surface area (Å²) in [6.45, 7) is 12.4. The van der Waals surface area contributed by atoms with Crippen LogP contribution in [0.3, 0.4) is 0 Å². The molecule has 0 amide bonds. The zero-order valence-corrected chi connectivity index (χ0v) is 21.7. The van der Waals surface area contributed by atoms with Gasteiger partial charge in [-0.1, -0.05) is 19.2 Å². The smallest absolute Gasteiger partial charge is 0.116 e. The number of hydrogen-bond acceptors (Lipinski definition) is 5. The zero-order chi connectivity index (χ0) is 25.4. The van der Waals surface area contributed by atoms with Crippen LogP contribution in [-0.2, 0) is 0 Å². The molecule has 5 aromatic rings. The molecule has 0 aromatic carbocycles. The van der Waals surface area contributed by atoms with Gasteiger partial charge in [0, 0.05) is 58.0 Å². The lowest BCUT2D eigenvalue weighted by Gasteiger charge is -2.12. The van der Waals surface area contributed by atoms with E-state index in [1.807, 2.05) is 63.7 Å². The van der Waals surface area contributed by atoms with Gasteiger partial charge in [0.25, 0.3) is 0 Å². The molecule has 0 spiro atoms. The third kappa shape index (κ3) is 4.29. The highest BCUT2D eigenvalue weighted by atomic mass is 32.1. The lowest BCUT2D eigenvalue weighted by atomic mass is 10.1. The van der Waals surface area contributed by atoms with Crippen molar-refractivity contribution < 1.29 is 0 Å². The zero-order valence-electron chi connectivity index (χ0n) is 20.9. The molecular formula is C29H28N6S. The lowest BCUT2D eigenvalue weighted by molar-refractivity contribution is 1.06. The SMILES string of the molecule is C=C(/C=c1/c(-c2cc3c(-c4ccc(C(=C)C)s4)cncc3[nH]2)n[nH]/c1=C/C)c1cncc(N(C)C)c1. The van der Waals surface area contributed by atoms with Crippen LogP contribution in [0, 0.1) is 0 Å². The summed E-state index contributed by atoms with van der Waals surface area (Å²) in [5, 5.41) is 10.8. The van der Waals surface area contributed by atoms with E-state index in [0.29, 0.717) is 0 Å². The van der Waals surface area contributed by atoms with Crippen LogP contribution >= 0.6 is 11.3 Å². The van der Waals surface area contributed by atoms with Crippen LogP contribution in [0.15, 0.2) is 62.2 Å². The van der Waals surface area contributed by atoms with Gasteiger partial charge in [-0.2, -0.15) is 5.10 Å². The second-order valence-electron chi connectivity index (χ2n) is 8.96. The summed E-state index contributed by atoms with van der Waals surface area (Å²) in [6, 6.07) is 8.48. The van der Waals surface area contributed by atoms with Gasteiger partial charge in [-0.15, -0.1) is 11.3 Å². The predicted molar refractivity (Wildman–Crippen MR) is 153 cm³/mol. The summed E-state index contributed by atoms with van der Waals surface area (Å²) in [5.41, 5.74) is 7.71. The van der Waals surface area contributed by atoms with Gasteiger partial charge < -0.3 is 9.88 Å². The molecule has 6 nitrogen and oxygen atoms in total. The number of H-pyrrole nitrogens is 2. The maximum absolute atomic E-state index is 4.66. The molecule has 2 N–H and O–H groups in total. The number of aromatic nitrogens is 5. The van der Waals surface area contributed by atoms with Gasteiger partial charge in [0.15, 0.2) is 0 Å². The van der Waals surface area contributed by atoms with E-state index >= 15 is 0 Å². The Morgan fingerprint density at radius 3 is 2.58 bits per heavy atom. The molecule has 0 aliphatic rings. The monoisotopic (exact) mass is 492 g/mol. The van der Waals surface area contributed by atoms with E-state index in [-0.39, 0.29) is 0 Å². The van der Waals surface area contributed by atoms with Crippen LogP contribution in [-0.4, -0.2) is 39.2 Å². The first kappa shape index (κ1) is 23.5. The van der Waals surface area contributed by atoms with Crippen molar-refractivity contribution in [2.45, 2.75) is 13.8 Å². The van der Waals surface area contributed by atoms with Crippen molar-refractivity contribution in [3.05, 3.63) is 83.2 Å². The second kappa shape index (κ2) is 9.43. The summed E-state index contributed by atoms with van der Waals surface area (Å²) in [4.78, 5) is 16.8. The van der Waals surface area contributed by atoms with Crippen LogP contribution in [0.25, 0.3) is 56.0 Å². The number of fused-ring (bicyclic) bond motifs is 1. The minimum Gasteiger partial charge on any atom is -0.376 e. The topological polar surface area (TPSA) is 73.5 Å². The Morgan fingerprint density at radius 2 is 1.86 bits per heavy atom. The molecule has 180 valence electrons. The Hall–Kier alpha value is -4.23. The first-order chi connectivity index (χ1) is 17.4. The van der Waals surface area contributed by atoms with Crippen molar-refractivity contribution in [3.8, 4) is 21.8 Å². The number of anilines is 1. The van der Waals surface area contributed by atoms with Gasteiger partial charge >= 0.3 is 0 Å². The number of nitrogens with zero attached hydrogens (tertiary/aromatic N) is 4. The maximum atomic E-state index is 4.66. The van der Waals surface area contributed by atoms with Gasteiger partial charge in [-0.25, -0.2) is 0 Å². The molecule has 0 atom stereocenters. The molecule has 5 heterocycles. The second-order valence-corrected chi connectivity index (χ2v) is 10.0. The van der Waals surface area contributed by atoms with E-state index < -0.39 is 0 Å². The summed E-state index contributed by atoms with van der Waals surface area (Å²) < 4.78 is 0. The molecule has 5 aromatic heterocycles. The van der Waals surface area contributed by atoms with E-state index in [1.54, 1.807) is 11.3 Å². The van der Waals surface area contributed by atoms with Crippen molar-refractivity contribution >= 4 is 51.2 Å². The fourth-order valence-corrected chi connectivity index (χ4v) is 5.08. The normalized spacial score (nSPS) is 12.4. The highest BCUT2D eigenvalue weighted by molar-refractivity contribution is 7.16. The Labute approximate surface area is 214 Å². The van der Waals surface area contributed by atoms with Gasteiger partial charge in [0.1, 0.15) is 5.69 Å². The van der Waals surface area contributed by atoms with Crippen molar-refractivity contribution in [3.63, 3.8) is 0 Å². The maximum Gasteiger partial charge on any atom is 0.116 e. The molecule has 0 aliphatic carbocycles. The average Bonchev–Trinajstić information content (AvgIpc) is 3.61. The molecule has 0 unspecified atom stereocenters. The molecular weight excluding hydrogens is 464 g/mol. The van der Waals surface area contributed by atoms with Gasteiger partial charge in [-0.3, -0.25) is 15.1 Å². The summed E-state index contributed by atoms with van der Waals surface area (Å²) >= 11 is 1.73. The minimum absolute atomic E-state index is 0.830. The van der Waals surface area contributed by atoms with E-state index in [1.165, 1.54) is 4.88 Å². The molecule has 7 heteroatoms. The van der Waals surface area contributed by atoms with Crippen LogP contribution in [0.1, 0.15) is 24.3 Å². The van der Waals surface area contributed by atoms with Crippen molar-refractivity contribution in [1.82, 2.24) is 25.1 Å². The quantitative estimate of drug-likeness (QED) is 0.330. The van der Waals surface area contributed by atoms with Crippen molar-refractivity contribution in [2.24, 2.45) is 0 Å². The summed E-state index contributed by atoms with van der Waals surface area (Å²) in [6.07, 6.45) is 11.5. The molecule has 5 rings (SSSR count). The number of thiophene rings is 1. The first-order valence-corrected chi connectivity index (χ1v) is 12.4. The molecule has 0 saturated carbocycles. The fourth-order valence-electron chi connectivity index (χ4n) is 4.13. The highest BCUT2D eigenvalue weighted by Crippen LogP contribution is 2.36. The summed E-state index contributed by atoms with van der Waals surface area (Å²) in [7, 11) is 4.00. The van der Waals surface area contributed by atoms with Crippen LogP contribution < -0.4 is 15.5 Å². The third-order valence-electron chi connectivity index (χ3n) is 6.14. The number of nitrogens with one attached hydrogen (secondary N) is 2. The van der Waals surface area contributed by atoms with Crippen LogP contribution in [0.4, 0.5) is 5.69 Å². The molecule has 0 bridgehead atoms. The van der Waals surface area contributed by atoms with Gasteiger partial charge in [0.2, 0.25) is 0 Å². The number of hydrogen-bond donors (Lipinski definition) is 2. The largest absolute Gasteiger partial charge is 0.376 e. The Balaban J connectivity index is 1.62. The molecule has 0 fully saturated rings. The molecule has 0 radical (unpaired) electrons. The van der Waals surface area contributed by atoms with E-state index in [4.69, 9.17) is 0 Å². The van der Waals surface area contributed by atoms with Gasteiger partial charge in [0.05, 0.1) is 34.6 Å². The lowest BCUT2D eigenvalue weighted by Crippen LogP contribution is -2.23. The molecule has 0 saturated heterocycles. The highest BCUT2D eigenvalue weighted by Gasteiger charge is 2.14. The molecule has 36 heavy (non-hydrogen) atoms. The number of pyridine rings is 2. The Kier molecular flexibility index (Phi) is 6.16. The predicted octanol–water partition coefficient (Wildman–Crippen LogP) is 5.47. The van der Waals surface area contributed by atoms with Crippen molar-refractivity contribution in [1.29, 1.82) is 0 Å². The van der Waals surface area contributed by atoms with Crippen molar-refractivity contribution in [2.75, 3.05) is 19.0 Å². The van der Waals surface area contributed by atoms with Crippen LogP contribution in [0.5, 0.6) is 0 Å². The number of rotatable bonds is 6. The number of allylic oxidation sites excluding steroid dienone is 2. The van der Waals surface area contributed by atoms with Gasteiger partial charge in [-0.05, 0) is 55.3 Å². The van der Waals surface area contributed by atoms with E-state index in [9.17, 15) is 0 Å².